The smallest absolute Gasteiger partial charge is 0.141 e. The van der Waals surface area contributed by atoms with Gasteiger partial charge in [-0.3, -0.25) is 0 Å². The highest BCUT2D eigenvalue weighted by Gasteiger charge is 2.19. The van der Waals surface area contributed by atoms with Gasteiger partial charge in [-0.2, -0.15) is 0 Å². The zero-order valence-corrected chi connectivity index (χ0v) is 17.2. The average Bonchev–Trinajstić information content (AvgIpc) is 3.01. The predicted octanol–water partition coefficient (Wildman–Crippen LogP) is 4.92. The standard InChI is InChI=1S/C22H25ClN2O3/c1-15-18(9-11-28-24-10-12-26-2)20-19(25-15)14-17(22(27-3)21(20)23)13-16-7-5-4-6-8-16/h4-8,10,14,25H,9,11-13H2,1-3H3. The highest BCUT2D eigenvalue weighted by molar-refractivity contribution is 6.37. The summed E-state index contributed by atoms with van der Waals surface area (Å²) in [4.78, 5) is 8.77. The number of H-pyrrole nitrogens is 1. The number of nitrogens with one attached hydrogen (secondary N) is 1. The minimum Gasteiger partial charge on any atom is -0.495 e. The largest absolute Gasteiger partial charge is 0.495 e. The Bertz CT molecular complexity index is 952. The van der Waals surface area contributed by atoms with E-state index in [1.165, 1.54) is 5.56 Å². The maximum absolute atomic E-state index is 6.78. The van der Waals surface area contributed by atoms with Crippen LogP contribution in [-0.2, 0) is 22.4 Å². The number of rotatable bonds is 9. The Morgan fingerprint density at radius 1 is 1.18 bits per heavy atom. The number of nitrogens with zero attached hydrogens (tertiary/aromatic N) is 1. The van der Waals surface area contributed by atoms with Crippen LogP contribution in [0.1, 0.15) is 22.4 Å². The normalized spacial score (nSPS) is 11.4. The molecule has 0 aliphatic rings. The molecule has 0 aliphatic carbocycles. The van der Waals surface area contributed by atoms with Gasteiger partial charge in [0.05, 0.1) is 25.0 Å². The number of ether oxygens (including phenoxy) is 2. The molecule has 28 heavy (non-hydrogen) atoms. The van der Waals surface area contributed by atoms with E-state index in [1.54, 1.807) is 20.4 Å². The summed E-state index contributed by atoms with van der Waals surface area (Å²) in [6.45, 7) is 2.93. The molecule has 1 aromatic heterocycles. The molecule has 1 heterocycles. The van der Waals surface area contributed by atoms with E-state index in [4.69, 9.17) is 25.9 Å². The molecule has 0 saturated heterocycles. The van der Waals surface area contributed by atoms with Gasteiger partial charge in [-0.1, -0.05) is 47.1 Å². The number of aromatic nitrogens is 1. The molecule has 1 N–H and O–H groups in total. The fourth-order valence-electron chi connectivity index (χ4n) is 3.38. The molecule has 0 radical (unpaired) electrons. The average molecular weight is 401 g/mol. The predicted molar refractivity (Wildman–Crippen MR) is 114 cm³/mol. The first-order chi connectivity index (χ1) is 13.7. The molecule has 3 rings (SSSR count). The van der Waals surface area contributed by atoms with Crippen LogP contribution >= 0.6 is 11.6 Å². The second-order valence-corrected chi connectivity index (χ2v) is 6.90. The molecule has 6 heteroatoms. The molecule has 0 aliphatic heterocycles. The van der Waals surface area contributed by atoms with Crippen molar-refractivity contribution in [1.29, 1.82) is 0 Å². The Morgan fingerprint density at radius 3 is 2.68 bits per heavy atom. The van der Waals surface area contributed by atoms with Crippen LogP contribution < -0.4 is 4.74 Å². The molecular weight excluding hydrogens is 376 g/mol. The van der Waals surface area contributed by atoms with E-state index in [0.717, 1.165) is 39.9 Å². The van der Waals surface area contributed by atoms with Crippen LogP contribution in [0.15, 0.2) is 41.6 Å². The Morgan fingerprint density at radius 2 is 1.96 bits per heavy atom. The fraction of sp³-hybridized carbons (Fsp3) is 0.318. The highest BCUT2D eigenvalue weighted by Crippen LogP contribution is 2.40. The molecule has 0 saturated carbocycles. The topological polar surface area (TPSA) is 55.8 Å². The summed E-state index contributed by atoms with van der Waals surface area (Å²) in [6.07, 6.45) is 3.04. The maximum Gasteiger partial charge on any atom is 0.141 e. The first kappa shape index (κ1) is 20.2. The summed E-state index contributed by atoms with van der Waals surface area (Å²) in [5, 5.41) is 5.49. The number of fused-ring (bicyclic) bond motifs is 1. The van der Waals surface area contributed by atoms with Crippen molar-refractivity contribution in [2.75, 3.05) is 27.4 Å². The van der Waals surface area contributed by atoms with Crippen LogP contribution in [0, 0.1) is 6.92 Å². The Hall–Kier alpha value is -2.50. The number of methoxy groups -OCH3 is 2. The van der Waals surface area contributed by atoms with Crippen molar-refractivity contribution >= 4 is 28.7 Å². The molecule has 0 unspecified atom stereocenters. The third-order valence-electron chi connectivity index (χ3n) is 4.65. The third-order valence-corrected chi connectivity index (χ3v) is 5.01. The molecule has 0 fully saturated rings. The van der Waals surface area contributed by atoms with Gasteiger partial charge in [-0.05, 0) is 24.1 Å². The number of aromatic amines is 1. The molecule has 148 valence electrons. The van der Waals surface area contributed by atoms with Crippen molar-refractivity contribution in [3.05, 3.63) is 63.8 Å². The molecule has 0 bridgehead atoms. The molecule has 0 spiro atoms. The fourth-order valence-corrected chi connectivity index (χ4v) is 3.80. The molecule has 3 aromatic rings. The van der Waals surface area contributed by atoms with Crippen molar-refractivity contribution in [3.8, 4) is 5.75 Å². The van der Waals surface area contributed by atoms with Crippen LogP contribution in [-0.4, -0.2) is 38.6 Å². The summed E-state index contributed by atoms with van der Waals surface area (Å²) in [7, 11) is 3.27. The van der Waals surface area contributed by atoms with Crippen molar-refractivity contribution in [1.82, 2.24) is 4.98 Å². The maximum atomic E-state index is 6.78. The number of benzene rings is 2. The van der Waals surface area contributed by atoms with Crippen LogP contribution in [0.4, 0.5) is 0 Å². The van der Waals surface area contributed by atoms with Gasteiger partial charge in [0.25, 0.3) is 0 Å². The summed E-state index contributed by atoms with van der Waals surface area (Å²) in [5.74, 6) is 0.720. The van der Waals surface area contributed by atoms with Gasteiger partial charge >= 0.3 is 0 Å². The number of oxime groups is 1. The van der Waals surface area contributed by atoms with E-state index in [0.29, 0.717) is 24.7 Å². The number of hydrogen-bond acceptors (Lipinski definition) is 4. The summed E-state index contributed by atoms with van der Waals surface area (Å²) in [5.41, 5.74) is 5.46. The van der Waals surface area contributed by atoms with Crippen molar-refractivity contribution in [2.24, 2.45) is 5.16 Å². The number of hydrogen-bond donors (Lipinski definition) is 1. The van der Waals surface area contributed by atoms with Gasteiger partial charge in [0.15, 0.2) is 0 Å². The van der Waals surface area contributed by atoms with Gasteiger partial charge in [-0.15, -0.1) is 0 Å². The van der Waals surface area contributed by atoms with E-state index < -0.39 is 0 Å². The lowest BCUT2D eigenvalue weighted by Crippen LogP contribution is -1.98. The van der Waals surface area contributed by atoms with Crippen LogP contribution in [0.2, 0.25) is 5.02 Å². The summed E-state index contributed by atoms with van der Waals surface area (Å²) in [6, 6.07) is 12.4. The zero-order chi connectivity index (χ0) is 19.9. The summed E-state index contributed by atoms with van der Waals surface area (Å²) >= 11 is 6.78. The Balaban J connectivity index is 1.89. The van der Waals surface area contributed by atoms with Gasteiger partial charge in [0.1, 0.15) is 12.4 Å². The lowest BCUT2D eigenvalue weighted by molar-refractivity contribution is 0.145. The van der Waals surface area contributed by atoms with Gasteiger partial charge in [-0.25, -0.2) is 0 Å². The number of aryl methyl sites for hydroxylation is 1. The van der Waals surface area contributed by atoms with E-state index in [2.05, 4.69) is 28.3 Å². The lowest BCUT2D eigenvalue weighted by Gasteiger charge is -2.13. The van der Waals surface area contributed by atoms with Gasteiger partial charge in [0.2, 0.25) is 0 Å². The van der Waals surface area contributed by atoms with E-state index in [9.17, 15) is 0 Å². The SMILES string of the molecule is COCC=NOCCc1c(C)[nH]c2cc(Cc3ccccc3)c(OC)c(Cl)c12. The highest BCUT2D eigenvalue weighted by atomic mass is 35.5. The minimum absolute atomic E-state index is 0.430. The van der Waals surface area contributed by atoms with Gasteiger partial charge < -0.3 is 19.3 Å². The number of halogens is 1. The zero-order valence-electron chi connectivity index (χ0n) is 16.4. The first-order valence-corrected chi connectivity index (χ1v) is 9.56. The second-order valence-electron chi connectivity index (χ2n) is 6.52. The molecule has 5 nitrogen and oxygen atoms in total. The van der Waals surface area contributed by atoms with Crippen molar-refractivity contribution in [3.63, 3.8) is 0 Å². The van der Waals surface area contributed by atoms with Crippen LogP contribution in [0.5, 0.6) is 5.75 Å². The minimum atomic E-state index is 0.430. The molecule has 0 amide bonds. The molecular formula is C22H25ClN2O3. The van der Waals surface area contributed by atoms with Crippen molar-refractivity contribution in [2.45, 2.75) is 19.8 Å². The monoisotopic (exact) mass is 400 g/mol. The third kappa shape index (κ3) is 4.49. The molecule has 2 aromatic carbocycles. The van der Waals surface area contributed by atoms with Crippen LogP contribution in [0.25, 0.3) is 10.9 Å². The van der Waals surface area contributed by atoms with E-state index in [-0.39, 0.29) is 0 Å². The lowest BCUT2D eigenvalue weighted by atomic mass is 10.0. The van der Waals surface area contributed by atoms with E-state index in [1.807, 2.05) is 25.1 Å². The van der Waals surface area contributed by atoms with Crippen molar-refractivity contribution < 1.29 is 14.3 Å². The first-order valence-electron chi connectivity index (χ1n) is 9.18. The van der Waals surface area contributed by atoms with Crippen LogP contribution in [0.3, 0.4) is 0 Å². The molecule has 0 atom stereocenters. The Labute approximate surface area is 170 Å². The van der Waals surface area contributed by atoms with E-state index >= 15 is 0 Å². The summed E-state index contributed by atoms with van der Waals surface area (Å²) < 4.78 is 10.6. The second kappa shape index (κ2) is 9.62. The Kier molecular flexibility index (Phi) is 6.95. The van der Waals surface area contributed by atoms with Gasteiger partial charge in [0, 0.05) is 42.1 Å². The quantitative estimate of drug-likeness (QED) is 0.315.